The Kier molecular flexibility index (Phi) is 6.83. The number of halogens is 1. The van der Waals surface area contributed by atoms with Crippen LogP contribution in [0.3, 0.4) is 0 Å². The van der Waals surface area contributed by atoms with E-state index in [4.69, 9.17) is 16.9 Å². The molecule has 0 aromatic heterocycles. The lowest BCUT2D eigenvalue weighted by molar-refractivity contribution is 0.628. The average molecular weight is 393 g/mol. The van der Waals surface area contributed by atoms with E-state index in [0.29, 0.717) is 24.0 Å². The third-order valence-electron chi connectivity index (χ3n) is 5.09. The van der Waals surface area contributed by atoms with Crippen LogP contribution in [0.15, 0.2) is 49.1 Å². The topological polar surface area (TPSA) is 87.9 Å². The van der Waals surface area contributed by atoms with E-state index in [1.807, 2.05) is 12.1 Å². The minimum Gasteiger partial charge on any atom is -0.398 e. The van der Waals surface area contributed by atoms with E-state index in [-0.39, 0.29) is 5.82 Å². The van der Waals surface area contributed by atoms with Crippen LogP contribution < -0.4 is 16.8 Å². The van der Waals surface area contributed by atoms with Crippen LogP contribution in [0.25, 0.3) is 11.8 Å². The Morgan fingerprint density at radius 3 is 2.55 bits per heavy atom. The minimum atomic E-state index is -0.280. The van der Waals surface area contributed by atoms with Gasteiger partial charge in [0.25, 0.3) is 0 Å². The highest BCUT2D eigenvalue weighted by Crippen LogP contribution is 2.30. The third-order valence-corrected chi connectivity index (χ3v) is 5.09. The first-order valence-electron chi connectivity index (χ1n) is 10.1. The number of benzene rings is 2. The van der Waals surface area contributed by atoms with Gasteiger partial charge >= 0.3 is 0 Å². The molecule has 4 nitrogen and oxygen atoms in total. The van der Waals surface area contributed by atoms with E-state index < -0.39 is 0 Å². The molecule has 5 heteroatoms. The molecule has 29 heavy (non-hydrogen) atoms. The molecule has 0 radical (unpaired) electrons. The number of anilines is 1. The summed E-state index contributed by atoms with van der Waals surface area (Å²) >= 11 is 0. The minimum absolute atomic E-state index is 0.280. The van der Waals surface area contributed by atoms with Crippen molar-refractivity contribution in [2.24, 2.45) is 5.73 Å². The molecule has 1 saturated carbocycles. The molecular formula is C24H29FN4. The zero-order valence-corrected chi connectivity index (χ0v) is 16.7. The molecule has 2 aromatic carbocycles. The van der Waals surface area contributed by atoms with Crippen molar-refractivity contribution in [3.63, 3.8) is 0 Å². The summed E-state index contributed by atoms with van der Waals surface area (Å²) in [7, 11) is 0. The maximum Gasteiger partial charge on any atom is 0.123 e. The standard InChI is InChI=1S/C24H29FN4/c1-16(29-19-10-11-19)20-12-14-23(28)24(21(20)4-2-3-15-26)22(27)13-7-17-5-8-18(25)9-6-17/h5-9,12-14,19,27,29H,1-4,10-11,15,26,28H2/b13-7+,27-22?. The van der Waals surface area contributed by atoms with Crippen LogP contribution >= 0.6 is 0 Å². The number of nitrogens with two attached hydrogens (primary N) is 2. The van der Waals surface area contributed by atoms with E-state index in [0.717, 1.165) is 47.2 Å². The molecule has 152 valence electrons. The van der Waals surface area contributed by atoms with Crippen LogP contribution in [0, 0.1) is 11.2 Å². The van der Waals surface area contributed by atoms with E-state index in [1.54, 1.807) is 24.3 Å². The molecular weight excluding hydrogens is 363 g/mol. The van der Waals surface area contributed by atoms with Crippen molar-refractivity contribution in [1.29, 1.82) is 5.41 Å². The number of unbranched alkanes of at least 4 members (excludes halogenated alkanes) is 1. The average Bonchev–Trinajstić information content (AvgIpc) is 3.51. The van der Waals surface area contributed by atoms with Gasteiger partial charge in [0.15, 0.2) is 0 Å². The molecule has 0 bridgehead atoms. The molecule has 0 spiro atoms. The second kappa shape index (κ2) is 9.52. The van der Waals surface area contributed by atoms with E-state index >= 15 is 0 Å². The first-order valence-corrected chi connectivity index (χ1v) is 10.1. The molecule has 0 amide bonds. The van der Waals surface area contributed by atoms with Crippen LogP contribution in [0.4, 0.5) is 10.1 Å². The lowest BCUT2D eigenvalue weighted by Crippen LogP contribution is -2.17. The monoisotopic (exact) mass is 392 g/mol. The first-order chi connectivity index (χ1) is 14.0. The predicted octanol–water partition coefficient (Wildman–Crippen LogP) is 4.49. The Bertz CT molecular complexity index is 911. The van der Waals surface area contributed by atoms with Gasteiger partial charge in [-0.25, -0.2) is 4.39 Å². The summed E-state index contributed by atoms with van der Waals surface area (Å²) < 4.78 is 13.1. The Morgan fingerprint density at radius 2 is 1.90 bits per heavy atom. The normalized spacial score (nSPS) is 13.6. The second-order valence-corrected chi connectivity index (χ2v) is 7.50. The summed E-state index contributed by atoms with van der Waals surface area (Å²) in [4.78, 5) is 0. The van der Waals surface area contributed by atoms with Crippen LogP contribution in [-0.4, -0.2) is 18.3 Å². The number of rotatable bonds is 10. The Morgan fingerprint density at radius 1 is 1.17 bits per heavy atom. The van der Waals surface area contributed by atoms with Crippen molar-refractivity contribution in [2.45, 2.75) is 38.1 Å². The van der Waals surface area contributed by atoms with Gasteiger partial charge in [-0.05, 0) is 74.1 Å². The fourth-order valence-corrected chi connectivity index (χ4v) is 3.36. The molecule has 1 aliphatic carbocycles. The molecule has 2 aromatic rings. The molecule has 0 aliphatic heterocycles. The summed E-state index contributed by atoms with van der Waals surface area (Å²) in [5, 5.41) is 12.1. The van der Waals surface area contributed by atoms with Crippen molar-refractivity contribution in [3.05, 3.63) is 77.1 Å². The Balaban J connectivity index is 1.92. The van der Waals surface area contributed by atoms with Gasteiger partial charge in [0, 0.05) is 28.6 Å². The number of nitrogen functional groups attached to an aromatic ring is 1. The van der Waals surface area contributed by atoms with Crippen molar-refractivity contribution >= 4 is 23.2 Å². The van der Waals surface area contributed by atoms with E-state index in [2.05, 4.69) is 11.9 Å². The summed E-state index contributed by atoms with van der Waals surface area (Å²) in [6.07, 6.45) is 8.46. The highest BCUT2D eigenvalue weighted by Gasteiger charge is 2.23. The van der Waals surface area contributed by atoms with Crippen molar-refractivity contribution in [2.75, 3.05) is 12.3 Å². The van der Waals surface area contributed by atoms with Gasteiger partial charge in [-0.1, -0.05) is 30.9 Å². The Hall–Kier alpha value is -2.92. The molecule has 6 N–H and O–H groups in total. The molecule has 0 atom stereocenters. The lowest BCUT2D eigenvalue weighted by atomic mass is 9.90. The molecule has 0 saturated heterocycles. The fraction of sp³-hybridized carbons (Fsp3) is 0.292. The van der Waals surface area contributed by atoms with Gasteiger partial charge < -0.3 is 22.2 Å². The van der Waals surface area contributed by atoms with Crippen LogP contribution in [-0.2, 0) is 6.42 Å². The van der Waals surface area contributed by atoms with Gasteiger partial charge in [-0.3, -0.25) is 0 Å². The molecule has 1 aliphatic rings. The summed E-state index contributed by atoms with van der Waals surface area (Å²) in [6, 6.07) is 10.5. The molecule has 0 heterocycles. The quantitative estimate of drug-likeness (QED) is 0.273. The highest BCUT2D eigenvalue weighted by molar-refractivity contribution is 6.13. The van der Waals surface area contributed by atoms with Gasteiger partial charge in [-0.15, -0.1) is 0 Å². The molecule has 0 unspecified atom stereocenters. The number of nitrogens with one attached hydrogen (secondary N) is 2. The van der Waals surface area contributed by atoms with Crippen LogP contribution in [0.1, 0.15) is 47.9 Å². The lowest BCUT2D eigenvalue weighted by Gasteiger charge is -2.19. The van der Waals surface area contributed by atoms with E-state index in [1.165, 1.54) is 25.0 Å². The largest absolute Gasteiger partial charge is 0.398 e. The first kappa shape index (κ1) is 20.8. The fourth-order valence-electron chi connectivity index (χ4n) is 3.36. The number of allylic oxidation sites excluding steroid dienone is 1. The Labute approximate surface area is 172 Å². The van der Waals surface area contributed by atoms with Crippen LogP contribution in [0.2, 0.25) is 0 Å². The van der Waals surface area contributed by atoms with Crippen molar-refractivity contribution in [1.82, 2.24) is 5.32 Å². The number of hydrogen-bond donors (Lipinski definition) is 4. The summed E-state index contributed by atoms with van der Waals surface area (Å²) in [5.41, 5.74) is 17.4. The second-order valence-electron chi connectivity index (χ2n) is 7.50. The molecule has 1 fully saturated rings. The summed E-state index contributed by atoms with van der Waals surface area (Å²) in [5.74, 6) is -0.280. The van der Waals surface area contributed by atoms with Crippen LogP contribution in [0.5, 0.6) is 0 Å². The van der Waals surface area contributed by atoms with Gasteiger partial charge in [-0.2, -0.15) is 0 Å². The highest BCUT2D eigenvalue weighted by atomic mass is 19.1. The molecule has 3 rings (SSSR count). The maximum absolute atomic E-state index is 13.1. The van der Waals surface area contributed by atoms with E-state index in [9.17, 15) is 4.39 Å². The third kappa shape index (κ3) is 5.55. The van der Waals surface area contributed by atoms with Gasteiger partial charge in [0.05, 0.1) is 5.71 Å². The number of hydrogen-bond acceptors (Lipinski definition) is 4. The van der Waals surface area contributed by atoms with Gasteiger partial charge in [0.1, 0.15) is 5.82 Å². The zero-order valence-electron chi connectivity index (χ0n) is 16.7. The zero-order chi connectivity index (χ0) is 20.8. The smallest absolute Gasteiger partial charge is 0.123 e. The van der Waals surface area contributed by atoms with Crippen molar-refractivity contribution in [3.8, 4) is 0 Å². The van der Waals surface area contributed by atoms with Crippen molar-refractivity contribution < 1.29 is 4.39 Å². The van der Waals surface area contributed by atoms with Gasteiger partial charge in [0.2, 0.25) is 0 Å². The maximum atomic E-state index is 13.1. The SMILES string of the molecule is C=C(NC1CC1)c1ccc(N)c(C(=N)/C=C/c2ccc(F)cc2)c1CCCCN. The summed E-state index contributed by atoms with van der Waals surface area (Å²) in [6.45, 7) is 4.86. The predicted molar refractivity (Wildman–Crippen MR) is 120 cm³/mol.